The maximum atomic E-state index is 11.9. The number of Topliss-reactive ketones (excluding diaryl/α,β-unsaturated/α-hetero) is 1. The van der Waals surface area contributed by atoms with E-state index in [2.05, 4.69) is 11.9 Å². The van der Waals surface area contributed by atoms with Crippen LogP contribution in [0.4, 0.5) is 0 Å². The van der Waals surface area contributed by atoms with Gasteiger partial charge in [0.2, 0.25) is 0 Å². The Hall–Kier alpha value is -1.93. The summed E-state index contributed by atoms with van der Waals surface area (Å²) < 4.78 is 0. The van der Waals surface area contributed by atoms with Gasteiger partial charge in [-0.1, -0.05) is 42.5 Å². The van der Waals surface area contributed by atoms with E-state index in [0.29, 0.717) is 13.1 Å². The molecule has 0 aliphatic carbocycles. The minimum Gasteiger partial charge on any atom is -0.306 e. The monoisotopic (exact) mass is 225 g/mol. The van der Waals surface area contributed by atoms with Crippen LogP contribution in [-0.2, 0) is 0 Å². The van der Waals surface area contributed by atoms with Crippen molar-refractivity contribution in [1.82, 2.24) is 5.32 Å². The summed E-state index contributed by atoms with van der Waals surface area (Å²) in [5, 5.41) is 5.27. The van der Waals surface area contributed by atoms with E-state index in [4.69, 9.17) is 0 Å². The Morgan fingerprint density at radius 1 is 1.18 bits per heavy atom. The van der Waals surface area contributed by atoms with E-state index in [9.17, 15) is 4.79 Å². The van der Waals surface area contributed by atoms with Gasteiger partial charge in [0.1, 0.15) is 0 Å². The fourth-order valence-electron chi connectivity index (χ4n) is 1.75. The number of benzene rings is 2. The minimum atomic E-state index is 0.109. The van der Waals surface area contributed by atoms with Gasteiger partial charge in [0.25, 0.3) is 0 Å². The Kier molecular flexibility index (Phi) is 3.68. The second kappa shape index (κ2) is 5.41. The first-order chi connectivity index (χ1) is 8.31. The van der Waals surface area contributed by atoms with Gasteiger partial charge in [-0.05, 0) is 16.8 Å². The maximum absolute atomic E-state index is 11.9. The summed E-state index contributed by atoms with van der Waals surface area (Å²) in [5.74, 6) is 0.109. The van der Waals surface area contributed by atoms with Gasteiger partial charge in [-0.15, -0.1) is 6.58 Å². The van der Waals surface area contributed by atoms with Gasteiger partial charge in [-0.25, -0.2) is 0 Å². The van der Waals surface area contributed by atoms with Crippen molar-refractivity contribution in [3.8, 4) is 0 Å². The second-order valence-corrected chi connectivity index (χ2v) is 3.90. The van der Waals surface area contributed by atoms with Crippen LogP contribution in [-0.4, -0.2) is 18.9 Å². The zero-order valence-corrected chi connectivity index (χ0v) is 9.65. The second-order valence-electron chi connectivity index (χ2n) is 3.90. The molecule has 0 spiro atoms. The number of nitrogens with one attached hydrogen (secondary N) is 1. The summed E-state index contributed by atoms with van der Waals surface area (Å²) in [7, 11) is 0. The lowest BCUT2D eigenvalue weighted by atomic mass is 10.0. The first-order valence-electron chi connectivity index (χ1n) is 5.65. The van der Waals surface area contributed by atoms with Crippen molar-refractivity contribution in [1.29, 1.82) is 0 Å². The summed E-state index contributed by atoms with van der Waals surface area (Å²) in [6.07, 6.45) is 1.74. The summed E-state index contributed by atoms with van der Waals surface area (Å²) in [6.45, 7) is 4.60. The smallest absolute Gasteiger partial charge is 0.176 e. The number of rotatable bonds is 5. The summed E-state index contributed by atoms with van der Waals surface area (Å²) in [4.78, 5) is 11.9. The minimum absolute atomic E-state index is 0.109. The highest BCUT2D eigenvalue weighted by atomic mass is 16.1. The Labute approximate surface area is 101 Å². The molecule has 2 nitrogen and oxygen atoms in total. The van der Waals surface area contributed by atoms with Crippen LogP contribution in [0.3, 0.4) is 0 Å². The Bertz CT molecular complexity index is 545. The van der Waals surface area contributed by atoms with E-state index in [1.807, 2.05) is 42.5 Å². The molecule has 0 amide bonds. The molecular weight excluding hydrogens is 210 g/mol. The molecule has 0 atom stereocenters. The molecular formula is C15H15NO. The number of ketones is 1. The normalized spacial score (nSPS) is 10.4. The van der Waals surface area contributed by atoms with Gasteiger partial charge < -0.3 is 5.32 Å². The Morgan fingerprint density at radius 2 is 1.94 bits per heavy atom. The highest BCUT2D eigenvalue weighted by Crippen LogP contribution is 2.15. The van der Waals surface area contributed by atoms with Crippen molar-refractivity contribution in [3.63, 3.8) is 0 Å². The van der Waals surface area contributed by atoms with E-state index < -0.39 is 0 Å². The van der Waals surface area contributed by atoms with E-state index >= 15 is 0 Å². The summed E-state index contributed by atoms with van der Waals surface area (Å²) >= 11 is 0. The molecule has 0 radical (unpaired) electrons. The molecule has 0 bridgehead atoms. The quantitative estimate of drug-likeness (QED) is 0.481. The van der Waals surface area contributed by atoms with Crippen LogP contribution in [0.25, 0.3) is 10.8 Å². The van der Waals surface area contributed by atoms with E-state index in [1.165, 1.54) is 0 Å². The predicted octanol–water partition coefficient (Wildman–Crippen LogP) is 2.80. The fraction of sp³-hybridized carbons (Fsp3) is 0.133. The first-order valence-corrected chi connectivity index (χ1v) is 5.65. The third-order valence-electron chi connectivity index (χ3n) is 2.65. The van der Waals surface area contributed by atoms with Gasteiger partial charge in [-0.2, -0.15) is 0 Å². The fourth-order valence-corrected chi connectivity index (χ4v) is 1.75. The summed E-state index contributed by atoms with van der Waals surface area (Å²) in [6, 6.07) is 13.8. The SMILES string of the molecule is C=CCNCC(=O)c1ccc2ccccc2c1. The first kappa shape index (κ1) is 11.6. The molecule has 1 N–H and O–H groups in total. The molecule has 0 aliphatic heterocycles. The molecule has 0 fully saturated rings. The van der Waals surface area contributed by atoms with Crippen LogP contribution in [0, 0.1) is 0 Å². The molecule has 0 heterocycles. The third-order valence-corrected chi connectivity index (χ3v) is 2.65. The maximum Gasteiger partial charge on any atom is 0.176 e. The van der Waals surface area contributed by atoms with Gasteiger partial charge >= 0.3 is 0 Å². The van der Waals surface area contributed by atoms with E-state index in [1.54, 1.807) is 6.08 Å². The molecule has 2 aromatic rings. The van der Waals surface area contributed by atoms with Crippen LogP contribution >= 0.6 is 0 Å². The van der Waals surface area contributed by atoms with Crippen LogP contribution in [0.2, 0.25) is 0 Å². The topological polar surface area (TPSA) is 29.1 Å². The van der Waals surface area contributed by atoms with Gasteiger partial charge in [0.05, 0.1) is 6.54 Å². The third kappa shape index (κ3) is 2.80. The zero-order chi connectivity index (χ0) is 12.1. The zero-order valence-electron chi connectivity index (χ0n) is 9.65. The molecule has 86 valence electrons. The Morgan fingerprint density at radius 3 is 2.71 bits per heavy atom. The number of hydrogen-bond donors (Lipinski definition) is 1. The highest BCUT2D eigenvalue weighted by Gasteiger charge is 2.05. The molecule has 0 saturated heterocycles. The lowest BCUT2D eigenvalue weighted by molar-refractivity contribution is 0.0992. The molecule has 2 heteroatoms. The standard InChI is InChI=1S/C15H15NO/c1-2-9-16-11-15(17)14-8-7-12-5-3-4-6-13(12)10-14/h2-8,10,16H,1,9,11H2. The molecule has 0 saturated carbocycles. The largest absolute Gasteiger partial charge is 0.306 e. The number of hydrogen-bond acceptors (Lipinski definition) is 2. The molecule has 0 aromatic heterocycles. The van der Waals surface area contributed by atoms with Gasteiger partial charge in [0, 0.05) is 12.1 Å². The predicted molar refractivity (Wildman–Crippen MR) is 71.3 cm³/mol. The lowest BCUT2D eigenvalue weighted by Gasteiger charge is -2.03. The molecule has 2 rings (SSSR count). The van der Waals surface area contributed by atoms with Crippen LogP contribution < -0.4 is 5.32 Å². The van der Waals surface area contributed by atoms with Gasteiger partial charge in [0.15, 0.2) is 5.78 Å². The molecule has 17 heavy (non-hydrogen) atoms. The molecule has 0 unspecified atom stereocenters. The molecule has 2 aromatic carbocycles. The van der Waals surface area contributed by atoms with E-state index in [0.717, 1.165) is 16.3 Å². The Balaban J connectivity index is 2.18. The van der Waals surface area contributed by atoms with Crippen molar-refractivity contribution in [3.05, 3.63) is 60.7 Å². The van der Waals surface area contributed by atoms with E-state index in [-0.39, 0.29) is 5.78 Å². The van der Waals surface area contributed by atoms with Crippen molar-refractivity contribution in [2.45, 2.75) is 0 Å². The molecule has 0 aliphatic rings. The number of fused-ring (bicyclic) bond motifs is 1. The van der Waals surface area contributed by atoms with Crippen LogP contribution in [0.15, 0.2) is 55.1 Å². The summed E-state index contributed by atoms with van der Waals surface area (Å²) in [5.41, 5.74) is 0.750. The van der Waals surface area contributed by atoms with Gasteiger partial charge in [-0.3, -0.25) is 4.79 Å². The van der Waals surface area contributed by atoms with Crippen molar-refractivity contribution in [2.24, 2.45) is 0 Å². The lowest BCUT2D eigenvalue weighted by Crippen LogP contribution is -2.22. The van der Waals surface area contributed by atoms with Crippen molar-refractivity contribution >= 4 is 16.6 Å². The number of carbonyl (C=O) groups is 1. The number of carbonyl (C=O) groups excluding carboxylic acids is 1. The highest BCUT2D eigenvalue weighted by molar-refractivity contribution is 6.01. The average molecular weight is 225 g/mol. The average Bonchev–Trinajstić information content (AvgIpc) is 2.38. The van der Waals surface area contributed by atoms with Crippen molar-refractivity contribution < 1.29 is 4.79 Å². The van der Waals surface area contributed by atoms with Crippen LogP contribution in [0.1, 0.15) is 10.4 Å². The van der Waals surface area contributed by atoms with Crippen LogP contribution in [0.5, 0.6) is 0 Å². The van der Waals surface area contributed by atoms with Crippen molar-refractivity contribution in [2.75, 3.05) is 13.1 Å².